The van der Waals surface area contributed by atoms with Crippen molar-refractivity contribution in [2.24, 2.45) is 0 Å². The zero-order valence-corrected chi connectivity index (χ0v) is 21.9. The van der Waals surface area contributed by atoms with Crippen LogP contribution in [-0.2, 0) is 4.79 Å². The summed E-state index contributed by atoms with van der Waals surface area (Å²) in [6.07, 6.45) is 1.71. The Hall–Kier alpha value is -3.81. The van der Waals surface area contributed by atoms with Crippen LogP contribution in [0.1, 0.15) is 30.9 Å². The van der Waals surface area contributed by atoms with Crippen LogP contribution >= 0.6 is 23.2 Å². The second-order valence-corrected chi connectivity index (χ2v) is 9.73. The first-order valence-electron chi connectivity index (χ1n) is 11.7. The molecule has 0 aliphatic rings. The molecular formula is C28H24Cl2N4O3. The third-order valence-electron chi connectivity index (χ3n) is 6.00. The van der Waals surface area contributed by atoms with Crippen molar-refractivity contribution in [3.8, 4) is 28.5 Å². The molecule has 0 saturated carbocycles. The van der Waals surface area contributed by atoms with Crippen LogP contribution < -0.4 is 10.1 Å². The Morgan fingerprint density at radius 2 is 1.89 bits per heavy atom. The molecule has 0 aliphatic carbocycles. The Balaban J connectivity index is 1.33. The quantitative estimate of drug-likeness (QED) is 0.223. The number of rotatable bonds is 7. The first kappa shape index (κ1) is 24.9. The van der Waals surface area contributed by atoms with Gasteiger partial charge in [-0.2, -0.15) is 5.10 Å². The van der Waals surface area contributed by atoms with Gasteiger partial charge in [0.25, 0.3) is 5.91 Å². The lowest BCUT2D eigenvalue weighted by atomic mass is 10.0. The van der Waals surface area contributed by atoms with Gasteiger partial charge in [-0.1, -0.05) is 67.4 Å². The molecule has 0 saturated heterocycles. The number of aromatic nitrogens is 3. The van der Waals surface area contributed by atoms with Crippen LogP contribution in [0.15, 0.2) is 65.2 Å². The lowest BCUT2D eigenvalue weighted by molar-refractivity contribution is -0.118. The van der Waals surface area contributed by atoms with Gasteiger partial charge < -0.3 is 14.5 Å². The van der Waals surface area contributed by atoms with Gasteiger partial charge in [0.1, 0.15) is 16.3 Å². The van der Waals surface area contributed by atoms with E-state index < -0.39 is 0 Å². The normalized spacial score (nSPS) is 11.3. The van der Waals surface area contributed by atoms with Gasteiger partial charge in [0, 0.05) is 11.3 Å². The first-order chi connectivity index (χ1) is 17.8. The number of nitrogens with zero attached hydrogens (tertiary/aromatic N) is 2. The molecule has 0 unspecified atom stereocenters. The van der Waals surface area contributed by atoms with E-state index in [9.17, 15) is 4.79 Å². The molecule has 7 nitrogen and oxygen atoms in total. The van der Waals surface area contributed by atoms with E-state index in [4.69, 9.17) is 37.3 Å². The van der Waals surface area contributed by atoms with Gasteiger partial charge in [-0.25, -0.2) is 4.98 Å². The maximum atomic E-state index is 12.4. The van der Waals surface area contributed by atoms with Gasteiger partial charge in [0.05, 0.1) is 22.5 Å². The number of ether oxygens (including phenoxy) is 1. The molecule has 0 aliphatic heterocycles. The highest BCUT2D eigenvalue weighted by Gasteiger charge is 2.19. The number of nitrogens with one attached hydrogen (secondary N) is 2. The van der Waals surface area contributed by atoms with Crippen LogP contribution in [0.25, 0.3) is 33.8 Å². The summed E-state index contributed by atoms with van der Waals surface area (Å²) in [6, 6.07) is 16.5. The number of hydrogen-bond acceptors (Lipinski definition) is 5. The van der Waals surface area contributed by atoms with Crippen LogP contribution in [0.5, 0.6) is 5.75 Å². The number of carbonyl (C=O) groups excluding carboxylic acids is 1. The zero-order valence-electron chi connectivity index (χ0n) is 20.4. The minimum atomic E-state index is -0.325. The van der Waals surface area contributed by atoms with Gasteiger partial charge in [-0.05, 0) is 48.2 Å². The lowest BCUT2D eigenvalue weighted by Crippen LogP contribution is -2.20. The number of H-pyrrole nitrogens is 1. The Morgan fingerprint density at radius 3 is 2.65 bits per heavy atom. The fourth-order valence-electron chi connectivity index (χ4n) is 4.05. The molecule has 0 fully saturated rings. The van der Waals surface area contributed by atoms with E-state index >= 15 is 0 Å². The fraction of sp³-hybridized carbons (Fsp3) is 0.179. The second kappa shape index (κ2) is 10.3. The standard InChI is InChI=1S/C28H24Cl2N4O3/c1-15(2)19-12-7-16(3)25-27(19)37-28(33-25)20-13-31-34-26(20)17-8-10-18(11-9-17)32-23(35)14-36-22-6-4-5-21(29)24(22)30/h4-13,15H,14H2,1-3H3,(H,31,34)(H,32,35). The van der Waals surface area contributed by atoms with Gasteiger partial charge >= 0.3 is 0 Å². The third kappa shape index (κ3) is 5.05. The predicted molar refractivity (Wildman–Crippen MR) is 146 cm³/mol. The number of oxazole rings is 1. The summed E-state index contributed by atoms with van der Waals surface area (Å²) in [5.41, 5.74) is 6.85. The maximum Gasteiger partial charge on any atom is 0.262 e. The van der Waals surface area contributed by atoms with E-state index in [2.05, 4.69) is 41.5 Å². The summed E-state index contributed by atoms with van der Waals surface area (Å²) in [5.74, 6) is 0.836. The van der Waals surface area contributed by atoms with Crippen LogP contribution in [-0.4, -0.2) is 27.7 Å². The molecule has 1 amide bonds. The van der Waals surface area contributed by atoms with Crippen molar-refractivity contribution in [1.29, 1.82) is 0 Å². The van der Waals surface area contributed by atoms with Crippen molar-refractivity contribution in [2.45, 2.75) is 26.7 Å². The molecule has 2 N–H and O–H groups in total. The molecule has 0 bridgehead atoms. The molecule has 0 spiro atoms. The van der Waals surface area contributed by atoms with Gasteiger partial charge in [-0.3, -0.25) is 9.89 Å². The smallest absolute Gasteiger partial charge is 0.262 e. The largest absolute Gasteiger partial charge is 0.482 e. The van der Waals surface area contributed by atoms with Gasteiger partial charge in [0.2, 0.25) is 5.89 Å². The van der Waals surface area contributed by atoms with Crippen molar-refractivity contribution in [1.82, 2.24) is 15.2 Å². The number of benzene rings is 3. The molecule has 3 aromatic carbocycles. The van der Waals surface area contributed by atoms with Crippen LogP contribution in [0.3, 0.4) is 0 Å². The monoisotopic (exact) mass is 534 g/mol. The van der Waals surface area contributed by atoms with Crippen molar-refractivity contribution < 1.29 is 13.9 Å². The van der Waals surface area contributed by atoms with Gasteiger partial charge in [-0.15, -0.1) is 0 Å². The molecule has 0 radical (unpaired) electrons. The second-order valence-electron chi connectivity index (χ2n) is 8.95. The van der Waals surface area contributed by atoms with Crippen molar-refractivity contribution >= 4 is 45.9 Å². The Morgan fingerprint density at radius 1 is 1.11 bits per heavy atom. The van der Waals surface area contributed by atoms with Crippen molar-refractivity contribution in [2.75, 3.05) is 11.9 Å². The highest BCUT2D eigenvalue weighted by molar-refractivity contribution is 6.42. The summed E-state index contributed by atoms with van der Waals surface area (Å²) in [7, 11) is 0. The van der Waals surface area contributed by atoms with Crippen molar-refractivity contribution in [3.05, 3.63) is 82.0 Å². The molecule has 2 aromatic heterocycles. The number of fused-ring (bicyclic) bond motifs is 1. The number of halogens is 2. The minimum Gasteiger partial charge on any atom is -0.482 e. The third-order valence-corrected chi connectivity index (χ3v) is 6.80. The maximum absolute atomic E-state index is 12.4. The average Bonchev–Trinajstić information content (AvgIpc) is 3.53. The number of aromatic amines is 1. The summed E-state index contributed by atoms with van der Waals surface area (Å²) in [4.78, 5) is 17.2. The highest BCUT2D eigenvalue weighted by atomic mass is 35.5. The molecule has 37 heavy (non-hydrogen) atoms. The predicted octanol–water partition coefficient (Wildman–Crippen LogP) is 7.64. The summed E-state index contributed by atoms with van der Waals surface area (Å²) in [5, 5.41) is 10.7. The molecule has 9 heteroatoms. The zero-order chi connectivity index (χ0) is 26.1. The van der Waals surface area contributed by atoms with Crippen molar-refractivity contribution in [3.63, 3.8) is 0 Å². The van der Waals surface area contributed by atoms with E-state index in [0.29, 0.717) is 28.3 Å². The van der Waals surface area contributed by atoms with Crippen LogP contribution in [0, 0.1) is 6.92 Å². The highest BCUT2D eigenvalue weighted by Crippen LogP contribution is 2.36. The minimum absolute atomic E-state index is 0.206. The lowest BCUT2D eigenvalue weighted by Gasteiger charge is -2.10. The summed E-state index contributed by atoms with van der Waals surface area (Å²) in [6.45, 7) is 6.08. The van der Waals surface area contributed by atoms with Gasteiger partial charge in [0.15, 0.2) is 12.2 Å². The SMILES string of the molecule is Cc1ccc(C(C)C)c2oc(-c3cn[nH]c3-c3ccc(NC(=O)COc4cccc(Cl)c4Cl)cc3)nc12. The number of aryl methyl sites for hydroxylation is 1. The van der Waals surface area contributed by atoms with Crippen LogP contribution in [0.2, 0.25) is 10.0 Å². The Labute approximate surface area is 223 Å². The molecule has 5 rings (SSSR count). The van der Waals surface area contributed by atoms with E-state index in [0.717, 1.165) is 39.0 Å². The molecule has 5 aromatic rings. The topological polar surface area (TPSA) is 93.0 Å². The average molecular weight is 535 g/mol. The Kier molecular flexibility index (Phi) is 6.91. The summed E-state index contributed by atoms with van der Waals surface area (Å²) >= 11 is 12.1. The number of amides is 1. The number of carbonyl (C=O) groups is 1. The fourth-order valence-corrected chi connectivity index (χ4v) is 4.39. The molecular weight excluding hydrogens is 511 g/mol. The van der Waals surface area contributed by atoms with Crippen LogP contribution in [0.4, 0.5) is 5.69 Å². The molecule has 188 valence electrons. The number of hydrogen-bond donors (Lipinski definition) is 2. The first-order valence-corrected chi connectivity index (χ1v) is 12.5. The Bertz CT molecular complexity index is 1590. The van der Waals surface area contributed by atoms with E-state index in [1.807, 2.05) is 19.1 Å². The molecule has 0 atom stereocenters. The molecule has 2 heterocycles. The van der Waals surface area contributed by atoms with E-state index in [1.165, 1.54) is 0 Å². The van der Waals surface area contributed by atoms with E-state index in [1.54, 1.807) is 36.5 Å². The number of anilines is 1. The van der Waals surface area contributed by atoms with E-state index in [-0.39, 0.29) is 17.5 Å². The summed E-state index contributed by atoms with van der Waals surface area (Å²) < 4.78 is 11.7.